The Morgan fingerprint density at radius 1 is 0.919 bits per heavy atom. The van der Waals surface area contributed by atoms with Gasteiger partial charge in [0.25, 0.3) is 0 Å². The monoisotopic (exact) mass is 514 g/mol. The maximum Gasteiger partial charge on any atom is 0.228 e. The molecule has 1 aliphatic heterocycles. The van der Waals surface area contributed by atoms with Gasteiger partial charge in [-0.05, 0) is 64.4 Å². The lowest BCUT2D eigenvalue weighted by Gasteiger charge is -2.58. The van der Waals surface area contributed by atoms with E-state index in [0.717, 1.165) is 70.6 Å². The van der Waals surface area contributed by atoms with E-state index in [1.54, 1.807) is 6.92 Å². The zero-order chi connectivity index (χ0) is 27.2. The van der Waals surface area contributed by atoms with Crippen molar-refractivity contribution >= 4 is 17.5 Å². The van der Waals surface area contributed by atoms with Gasteiger partial charge in [0.15, 0.2) is 11.6 Å². The lowest BCUT2D eigenvalue weighted by atomic mass is 9.68. The highest BCUT2D eigenvalue weighted by Gasteiger charge is 2.58. The summed E-state index contributed by atoms with van der Waals surface area (Å²) < 4.78 is 0. The van der Waals surface area contributed by atoms with E-state index in [1.165, 1.54) is 19.3 Å². The van der Waals surface area contributed by atoms with Crippen LogP contribution in [0.2, 0.25) is 0 Å². The molecule has 0 aromatic rings. The SMILES string of the molecule is C=C(C)C(=O)C(C)(CCC)N[C@H]1CCCCCC[C@H]1C(=O)C(CC)(CC)N1C(=O)[C@@H]2CCCCCC[C@@H]21. The molecule has 0 spiro atoms. The molecule has 0 bridgehead atoms. The zero-order valence-corrected chi connectivity index (χ0v) is 24.5. The molecule has 3 fully saturated rings. The van der Waals surface area contributed by atoms with Crippen molar-refractivity contribution < 1.29 is 14.4 Å². The predicted molar refractivity (Wildman–Crippen MR) is 151 cm³/mol. The molecule has 0 aromatic carbocycles. The number of carbonyl (C=O) groups is 3. The molecular weight excluding hydrogens is 460 g/mol. The van der Waals surface area contributed by atoms with Crippen LogP contribution in [-0.2, 0) is 14.4 Å². The highest BCUT2D eigenvalue weighted by molar-refractivity contribution is 6.02. The Hall–Kier alpha value is -1.49. The lowest BCUT2D eigenvalue weighted by Crippen LogP contribution is -2.73. The Morgan fingerprint density at radius 2 is 1.49 bits per heavy atom. The van der Waals surface area contributed by atoms with Gasteiger partial charge in [-0.3, -0.25) is 14.4 Å². The Morgan fingerprint density at radius 3 is 2.05 bits per heavy atom. The summed E-state index contributed by atoms with van der Waals surface area (Å²) in [6.45, 7) is 14.0. The van der Waals surface area contributed by atoms with Crippen molar-refractivity contribution in [3.63, 3.8) is 0 Å². The molecule has 0 radical (unpaired) electrons. The number of likely N-dealkylation sites (tertiary alicyclic amines) is 1. The van der Waals surface area contributed by atoms with Crippen LogP contribution in [0.1, 0.15) is 137 Å². The van der Waals surface area contributed by atoms with Gasteiger partial charge in [-0.25, -0.2) is 0 Å². The fourth-order valence-corrected chi connectivity index (χ4v) is 7.86. The first kappa shape index (κ1) is 30.1. The quantitative estimate of drug-likeness (QED) is 0.240. The van der Waals surface area contributed by atoms with Crippen LogP contribution in [0.15, 0.2) is 12.2 Å². The third kappa shape index (κ3) is 6.07. The van der Waals surface area contributed by atoms with Gasteiger partial charge in [0.1, 0.15) is 5.54 Å². The van der Waals surface area contributed by atoms with E-state index in [0.29, 0.717) is 18.4 Å². The third-order valence-corrected chi connectivity index (χ3v) is 9.95. The molecule has 210 valence electrons. The standard InChI is InChI=1S/C32H54N2O3/c1-7-22-31(6,28(35)23(4)5)33-26-20-16-12-10-14-18-24(26)29(36)32(8-2,9-3)34-27-21-17-13-11-15-19-25(27)30(34)37/h24-27,33H,4,7-22H2,1-3,5-6H3/t24-,25-,26+,27+,31?/m1/s1. The van der Waals surface area contributed by atoms with Crippen LogP contribution < -0.4 is 5.32 Å². The minimum atomic E-state index is -0.735. The molecule has 5 nitrogen and oxygen atoms in total. The number of hydrogen-bond donors (Lipinski definition) is 1. The first-order valence-corrected chi connectivity index (χ1v) is 15.5. The summed E-state index contributed by atoms with van der Waals surface area (Å²) in [5.74, 6) is 0.433. The Kier molecular flexibility index (Phi) is 10.6. The van der Waals surface area contributed by atoms with Crippen LogP contribution in [0.5, 0.6) is 0 Å². The summed E-state index contributed by atoms with van der Waals surface area (Å²) in [5.41, 5.74) is -0.891. The van der Waals surface area contributed by atoms with E-state index < -0.39 is 11.1 Å². The molecule has 1 unspecified atom stereocenters. The summed E-state index contributed by atoms with van der Waals surface area (Å²) >= 11 is 0. The van der Waals surface area contributed by atoms with E-state index in [4.69, 9.17) is 0 Å². The number of ketones is 2. The fourth-order valence-electron chi connectivity index (χ4n) is 7.86. The van der Waals surface area contributed by atoms with Crippen LogP contribution in [0, 0.1) is 11.8 Å². The van der Waals surface area contributed by atoms with Gasteiger partial charge in [-0.15, -0.1) is 0 Å². The average molecular weight is 515 g/mol. The minimum Gasteiger partial charge on any atom is -0.326 e. The summed E-state index contributed by atoms with van der Waals surface area (Å²) in [6, 6.07) is 0.154. The fraction of sp³-hybridized carbons (Fsp3) is 0.844. The number of nitrogens with zero attached hydrogens (tertiary/aromatic N) is 1. The van der Waals surface area contributed by atoms with E-state index in [2.05, 4.69) is 37.6 Å². The van der Waals surface area contributed by atoms with Crippen molar-refractivity contribution in [2.45, 2.75) is 161 Å². The van der Waals surface area contributed by atoms with Crippen molar-refractivity contribution in [2.75, 3.05) is 0 Å². The number of fused-ring (bicyclic) bond motifs is 1. The van der Waals surface area contributed by atoms with E-state index in [-0.39, 0.29) is 41.4 Å². The molecule has 3 rings (SSSR count). The zero-order valence-electron chi connectivity index (χ0n) is 24.5. The summed E-state index contributed by atoms with van der Waals surface area (Å²) in [6.07, 6.45) is 15.8. The Bertz CT molecular complexity index is 832. The van der Waals surface area contributed by atoms with Crippen LogP contribution in [0.3, 0.4) is 0 Å². The number of amides is 1. The van der Waals surface area contributed by atoms with Crippen LogP contribution in [0.4, 0.5) is 0 Å². The summed E-state index contributed by atoms with van der Waals surface area (Å²) in [4.78, 5) is 43.7. The first-order chi connectivity index (χ1) is 17.7. The van der Waals surface area contributed by atoms with E-state index in [9.17, 15) is 14.4 Å². The molecule has 1 N–H and O–H groups in total. The molecule has 1 heterocycles. The molecule has 3 aliphatic rings. The largest absolute Gasteiger partial charge is 0.326 e. The van der Waals surface area contributed by atoms with Gasteiger partial charge in [0.2, 0.25) is 5.91 Å². The molecule has 0 aromatic heterocycles. The van der Waals surface area contributed by atoms with Gasteiger partial charge in [-0.2, -0.15) is 0 Å². The van der Waals surface area contributed by atoms with Crippen LogP contribution in [-0.4, -0.2) is 45.5 Å². The minimum absolute atomic E-state index is 0.0511. The third-order valence-electron chi connectivity index (χ3n) is 9.95. The van der Waals surface area contributed by atoms with Crippen molar-refractivity contribution in [3.8, 4) is 0 Å². The van der Waals surface area contributed by atoms with E-state index in [1.807, 2.05) is 6.92 Å². The Balaban J connectivity index is 1.95. The van der Waals surface area contributed by atoms with Crippen LogP contribution in [0.25, 0.3) is 0 Å². The lowest BCUT2D eigenvalue weighted by molar-refractivity contribution is -0.178. The van der Waals surface area contributed by atoms with Gasteiger partial charge in [0, 0.05) is 18.0 Å². The molecule has 1 saturated heterocycles. The summed E-state index contributed by atoms with van der Waals surface area (Å²) in [7, 11) is 0. The van der Waals surface area contributed by atoms with Crippen molar-refractivity contribution in [1.82, 2.24) is 10.2 Å². The topological polar surface area (TPSA) is 66.5 Å². The molecular formula is C32H54N2O3. The van der Waals surface area contributed by atoms with Gasteiger partial charge < -0.3 is 10.2 Å². The predicted octanol–water partition coefficient (Wildman–Crippen LogP) is 6.93. The number of rotatable bonds is 11. The second kappa shape index (κ2) is 13.0. The number of Topliss-reactive ketones (excluding diaryl/α,β-unsaturated/α-hetero) is 2. The highest BCUT2D eigenvalue weighted by Crippen LogP contribution is 2.46. The maximum absolute atomic E-state index is 14.8. The first-order valence-electron chi connectivity index (χ1n) is 15.5. The second-order valence-electron chi connectivity index (χ2n) is 12.5. The van der Waals surface area contributed by atoms with Gasteiger partial charge in [-0.1, -0.05) is 85.1 Å². The molecule has 2 saturated carbocycles. The molecule has 5 heteroatoms. The van der Waals surface area contributed by atoms with Crippen molar-refractivity contribution in [1.29, 1.82) is 0 Å². The smallest absolute Gasteiger partial charge is 0.228 e. The number of carbonyl (C=O) groups excluding carboxylic acids is 3. The highest BCUT2D eigenvalue weighted by atomic mass is 16.2. The maximum atomic E-state index is 14.8. The number of hydrogen-bond acceptors (Lipinski definition) is 4. The van der Waals surface area contributed by atoms with Gasteiger partial charge >= 0.3 is 0 Å². The molecule has 37 heavy (non-hydrogen) atoms. The molecule has 5 atom stereocenters. The number of nitrogens with one attached hydrogen (secondary N) is 1. The normalized spacial score (nSPS) is 29.0. The summed E-state index contributed by atoms with van der Waals surface area (Å²) in [5, 5.41) is 3.76. The number of β-lactam (4-membered cyclic amide) rings is 1. The van der Waals surface area contributed by atoms with Crippen molar-refractivity contribution in [2.24, 2.45) is 11.8 Å². The molecule has 1 amide bonds. The van der Waals surface area contributed by atoms with Gasteiger partial charge in [0.05, 0.1) is 11.5 Å². The van der Waals surface area contributed by atoms with Crippen molar-refractivity contribution in [3.05, 3.63) is 12.2 Å². The van der Waals surface area contributed by atoms with E-state index >= 15 is 0 Å². The molecule has 2 aliphatic carbocycles. The average Bonchev–Trinajstić information content (AvgIpc) is 2.84. The second-order valence-corrected chi connectivity index (χ2v) is 12.5. The Labute approximate surface area is 226 Å². The van der Waals surface area contributed by atoms with Crippen LogP contribution >= 0.6 is 0 Å².